The molecule has 0 atom stereocenters. The van der Waals surface area contributed by atoms with Gasteiger partial charge in [-0.25, -0.2) is 4.83 Å². The lowest BCUT2D eigenvalue weighted by atomic mass is 10.1. The Bertz CT molecular complexity index is 880. The van der Waals surface area contributed by atoms with Crippen LogP contribution in [0.5, 0.6) is 0 Å². The monoisotopic (exact) mass is 347 g/mol. The Labute approximate surface area is 140 Å². The van der Waals surface area contributed by atoms with E-state index in [0.29, 0.717) is 16.7 Å². The Hall–Kier alpha value is -2.74. The summed E-state index contributed by atoms with van der Waals surface area (Å²) in [5, 5.41) is 14.3. The van der Waals surface area contributed by atoms with E-state index in [4.69, 9.17) is 0 Å². The summed E-state index contributed by atoms with van der Waals surface area (Å²) in [4.78, 5) is 12.4. The molecule has 2 rings (SSSR count). The number of benzene rings is 2. The standard InChI is InChI=1S/C16H17N3O4S/c1-11-8-12(2)16(13(3)9-11)24(22,23)18-17-10-14-4-6-15(7-5-14)19(20)21/h4-10,18H,1-3H3/b17-10-. The highest BCUT2D eigenvalue weighted by Crippen LogP contribution is 2.21. The highest BCUT2D eigenvalue weighted by molar-refractivity contribution is 7.89. The Morgan fingerprint density at radius 3 is 2.12 bits per heavy atom. The summed E-state index contributed by atoms with van der Waals surface area (Å²) in [5.41, 5.74) is 2.77. The van der Waals surface area contributed by atoms with Gasteiger partial charge in [-0.05, 0) is 49.6 Å². The molecule has 2 aromatic rings. The number of sulfonamides is 1. The molecule has 0 saturated heterocycles. The van der Waals surface area contributed by atoms with Crippen molar-refractivity contribution < 1.29 is 13.3 Å². The zero-order chi connectivity index (χ0) is 17.9. The van der Waals surface area contributed by atoms with Crippen LogP contribution in [0.1, 0.15) is 22.3 Å². The Balaban J connectivity index is 2.20. The van der Waals surface area contributed by atoms with Gasteiger partial charge in [-0.15, -0.1) is 0 Å². The molecular formula is C16H17N3O4S. The molecule has 0 bridgehead atoms. The number of hydrazone groups is 1. The van der Waals surface area contributed by atoms with Gasteiger partial charge in [0.1, 0.15) is 0 Å². The van der Waals surface area contributed by atoms with Crippen molar-refractivity contribution in [2.75, 3.05) is 0 Å². The van der Waals surface area contributed by atoms with Gasteiger partial charge in [0.05, 0.1) is 16.0 Å². The molecule has 0 aliphatic heterocycles. The Kier molecular flexibility index (Phi) is 4.99. The van der Waals surface area contributed by atoms with Gasteiger partial charge in [0, 0.05) is 12.1 Å². The summed E-state index contributed by atoms with van der Waals surface area (Å²) in [6.45, 7) is 5.36. The fraction of sp³-hybridized carbons (Fsp3) is 0.188. The number of nitro groups is 1. The van der Waals surface area contributed by atoms with Crippen molar-refractivity contribution in [3.05, 3.63) is 68.8 Å². The zero-order valence-electron chi connectivity index (χ0n) is 13.5. The number of hydrogen-bond acceptors (Lipinski definition) is 5. The first kappa shape index (κ1) is 17.6. The normalized spacial score (nSPS) is 11.6. The largest absolute Gasteiger partial charge is 0.277 e. The van der Waals surface area contributed by atoms with Crippen LogP contribution < -0.4 is 4.83 Å². The highest BCUT2D eigenvalue weighted by Gasteiger charge is 2.19. The van der Waals surface area contributed by atoms with Crippen LogP contribution in [-0.4, -0.2) is 19.6 Å². The van der Waals surface area contributed by atoms with Crippen LogP contribution in [-0.2, 0) is 10.0 Å². The number of nitro benzene ring substituents is 1. The highest BCUT2D eigenvalue weighted by atomic mass is 32.2. The van der Waals surface area contributed by atoms with E-state index in [9.17, 15) is 18.5 Å². The molecule has 0 heterocycles. The van der Waals surface area contributed by atoms with Crippen molar-refractivity contribution in [1.82, 2.24) is 4.83 Å². The van der Waals surface area contributed by atoms with Crippen LogP contribution >= 0.6 is 0 Å². The molecule has 0 unspecified atom stereocenters. The minimum Gasteiger partial charge on any atom is -0.258 e. The molecule has 0 fully saturated rings. The van der Waals surface area contributed by atoms with E-state index in [1.807, 2.05) is 6.92 Å². The topological polar surface area (TPSA) is 102 Å². The molecule has 8 heteroatoms. The predicted molar refractivity (Wildman–Crippen MR) is 91.7 cm³/mol. The van der Waals surface area contributed by atoms with E-state index in [2.05, 4.69) is 9.93 Å². The third-order valence-electron chi connectivity index (χ3n) is 3.36. The molecule has 0 radical (unpaired) electrons. The van der Waals surface area contributed by atoms with Crippen molar-refractivity contribution >= 4 is 21.9 Å². The average molecular weight is 347 g/mol. The van der Waals surface area contributed by atoms with Crippen LogP contribution in [0.2, 0.25) is 0 Å². The summed E-state index contributed by atoms with van der Waals surface area (Å²) in [6, 6.07) is 9.20. The van der Waals surface area contributed by atoms with E-state index >= 15 is 0 Å². The van der Waals surface area contributed by atoms with Gasteiger partial charge in [-0.3, -0.25) is 10.1 Å². The molecule has 0 spiro atoms. The van der Waals surface area contributed by atoms with Crippen LogP contribution in [0, 0.1) is 30.9 Å². The summed E-state index contributed by atoms with van der Waals surface area (Å²) in [6.07, 6.45) is 1.29. The molecule has 0 amide bonds. The quantitative estimate of drug-likeness (QED) is 0.510. The van der Waals surface area contributed by atoms with Crippen LogP contribution in [0.4, 0.5) is 5.69 Å². The van der Waals surface area contributed by atoms with Gasteiger partial charge in [-0.1, -0.05) is 17.7 Å². The average Bonchev–Trinajstić information content (AvgIpc) is 2.46. The molecule has 126 valence electrons. The van der Waals surface area contributed by atoms with Gasteiger partial charge in [0.25, 0.3) is 15.7 Å². The van der Waals surface area contributed by atoms with Crippen molar-refractivity contribution in [1.29, 1.82) is 0 Å². The molecule has 1 N–H and O–H groups in total. The van der Waals surface area contributed by atoms with Crippen molar-refractivity contribution in [2.45, 2.75) is 25.7 Å². The molecule has 0 aromatic heterocycles. The minimum absolute atomic E-state index is 0.0429. The van der Waals surface area contributed by atoms with Crippen LogP contribution in [0.25, 0.3) is 0 Å². The second-order valence-corrected chi connectivity index (χ2v) is 7.03. The first-order valence-electron chi connectivity index (χ1n) is 7.08. The van der Waals surface area contributed by atoms with E-state index in [1.165, 1.54) is 30.5 Å². The van der Waals surface area contributed by atoms with Gasteiger partial charge >= 0.3 is 0 Å². The Morgan fingerprint density at radius 2 is 1.62 bits per heavy atom. The predicted octanol–water partition coefficient (Wildman–Crippen LogP) is 2.83. The molecule has 0 aliphatic rings. The minimum atomic E-state index is -3.79. The fourth-order valence-electron chi connectivity index (χ4n) is 2.49. The molecular weight excluding hydrogens is 330 g/mol. The molecule has 0 aliphatic carbocycles. The third kappa shape index (κ3) is 3.96. The van der Waals surface area contributed by atoms with E-state index in [1.54, 1.807) is 26.0 Å². The number of aryl methyl sites for hydroxylation is 3. The molecule has 0 saturated carbocycles. The lowest BCUT2D eigenvalue weighted by molar-refractivity contribution is -0.384. The first-order valence-corrected chi connectivity index (χ1v) is 8.56. The second kappa shape index (κ2) is 6.79. The lowest BCUT2D eigenvalue weighted by Gasteiger charge is -2.11. The Morgan fingerprint density at radius 1 is 1.08 bits per heavy atom. The summed E-state index contributed by atoms with van der Waals surface area (Å²) < 4.78 is 24.8. The maximum atomic E-state index is 12.4. The number of hydrogen-bond donors (Lipinski definition) is 1. The van der Waals surface area contributed by atoms with Gasteiger partial charge in [0.2, 0.25) is 0 Å². The molecule has 24 heavy (non-hydrogen) atoms. The first-order chi connectivity index (χ1) is 11.2. The van der Waals surface area contributed by atoms with Crippen LogP contribution in [0.3, 0.4) is 0 Å². The SMILES string of the molecule is Cc1cc(C)c(S(=O)(=O)N/N=C\c2ccc([N+](=O)[O-])cc2)c(C)c1. The van der Waals surface area contributed by atoms with Gasteiger partial charge < -0.3 is 0 Å². The second-order valence-electron chi connectivity index (χ2n) is 5.43. The number of nitrogens with one attached hydrogen (secondary N) is 1. The zero-order valence-corrected chi connectivity index (χ0v) is 14.3. The van der Waals surface area contributed by atoms with Gasteiger partial charge in [-0.2, -0.15) is 13.5 Å². The third-order valence-corrected chi connectivity index (χ3v) is 4.89. The van der Waals surface area contributed by atoms with Gasteiger partial charge in [0.15, 0.2) is 0 Å². The maximum absolute atomic E-state index is 12.4. The van der Waals surface area contributed by atoms with Crippen molar-refractivity contribution in [2.24, 2.45) is 5.10 Å². The van der Waals surface area contributed by atoms with Crippen molar-refractivity contribution in [3.8, 4) is 0 Å². The van der Waals surface area contributed by atoms with Crippen LogP contribution in [0.15, 0.2) is 46.4 Å². The smallest absolute Gasteiger partial charge is 0.258 e. The molecule has 7 nitrogen and oxygen atoms in total. The van der Waals surface area contributed by atoms with E-state index in [0.717, 1.165) is 5.56 Å². The lowest BCUT2D eigenvalue weighted by Crippen LogP contribution is -2.20. The maximum Gasteiger partial charge on any atom is 0.277 e. The molecule has 2 aromatic carbocycles. The van der Waals surface area contributed by atoms with E-state index in [-0.39, 0.29) is 10.6 Å². The van der Waals surface area contributed by atoms with E-state index < -0.39 is 14.9 Å². The summed E-state index contributed by atoms with van der Waals surface area (Å²) >= 11 is 0. The summed E-state index contributed by atoms with van der Waals surface area (Å²) in [5.74, 6) is 0. The number of non-ortho nitro benzene ring substituents is 1. The number of rotatable bonds is 5. The summed E-state index contributed by atoms with van der Waals surface area (Å²) in [7, 11) is -3.79. The van der Waals surface area contributed by atoms with Crippen molar-refractivity contribution in [3.63, 3.8) is 0 Å². The number of nitrogens with zero attached hydrogens (tertiary/aromatic N) is 2. The fourth-order valence-corrected chi connectivity index (χ4v) is 3.74.